The molecule has 9 heteroatoms. The van der Waals surface area contributed by atoms with Crippen molar-refractivity contribution in [3.63, 3.8) is 0 Å². The van der Waals surface area contributed by atoms with Crippen molar-refractivity contribution < 1.29 is 22.7 Å². The molecule has 0 N–H and O–H groups in total. The molecule has 0 aliphatic carbocycles. The Morgan fingerprint density at radius 1 is 1.52 bits per heavy atom. The van der Waals surface area contributed by atoms with E-state index in [2.05, 4.69) is 9.97 Å². The topological polar surface area (TPSA) is 58.6 Å². The second kappa shape index (κ2) is 5.74. The summed E-state index contributed by atoms with van der Waals surface area (Å²) in [5.41, 5.74) is 0. The van der Waals surface area contributed by atoms with E-state index in [1.165, 1.54) is 18.2 Å². The van der Waals surface area contributed by atoms with E-state index < -0.39 is 24.7 Å². The summed E-state index contributed by atoms with van der Waals surface area (Å²) in [5, 5.41) is 0. The molecular weight excluding hydrogens is 289 g/mol. The predicted octanol–water partition coefficient (Wildman–Crippen LogP) is 1.08. The van der Waals surface area contributed by atoms with Gasteiger partial charge >= 0.3 is 6.18 Å². The van der Waals surface area contributed by atoms with Crippen LogP contribution in [-0.4, -0.2) is 60.2 Å². The number of carbonyl (C=O) groups excluding carboxylic acids is 1. The van der Waals surface area contributed by atoms with Gasteiger partial charge in [0.25, 0.3) is 0 Å². The highest BCUT2D eigenvalue weighted by atomic mass is 19.4. The number of alkyl halides is 3. The number of anilines is 1. The number of nitrogens with zero attached hydrogens (tertiary/aromatic N) is 4. The molecule has 1 amide bonds. The van der Waals surface area contributed by atoms with Gasteiger partial charge in [0.1, 0.15) is 12.6 Å². The number of amides is 1. The van der Waals surface area contributed by atoms with Crippen LogP contribution in [0.4, 0.5) is 19.1 Å². The molecular formula is C12H15F3N4O2. The third-order valence-corrected chi connectivity index (χ3v) is 3.25. The molecule has 21 heavy (non-hydrogen) atoms. The average Bonchev–Trinajstić information content (AvgIpc) is 2.77. The minimum atomic E-state index is -4.39. The molecule has 116 valence electrons. The summed E-state index contributed by atoms with van der Waals surface area (Å²) in [5.74, 6) is -0.00718. The molecule has 1 aromatic heterocycles. The molecule has 1 aromatic rings. The number of methoxy groups -OCH3 is 1. The van der Waals surface area contributed by atoms with Crippen LogP contribution in [0.3, 0.4) is 0 Å². The van der Waals surface area contributed by atoms with Crippen molar-refractivity contribution in [2.75, 3.05) is 32.1 Å². The predicted molar refractivity (Wildman–Crippen MR) is 68.0 cm³/mol. The van der Waals surface area contributed by atoms with Crippen LogP contribution >= 0.6 is 0 Å². The van der Waals surface area contributed by atoms with Crippen molar-refractivity contribution in [2.45, 2.75) is 18.6 Å². The van der Waals surface area contributed by atoms with Crippen LogP contribution in [0.5, 0.6) is 5.88 Å². The van der Waals surface area contributed by atoms with E-state index in [4.69, 9.17) is 4.74 Å². The molecule has 1 fully saturated rings. The molecule has 1 unspecified atom stereocenters. The Morgan fingerprint density at radius 2 is 2.24 bits per heavy atom. The Balaban J connectivity index is 2.10. The monoisotopic (exact) mass is 304 g/mol. The zero-order chi connectivity index (χ0) is 15.6. The van der Waals surface area contributed by atoms with Crippen molar-refractivity contribution in [3.05, 3.63) is 12.3 Å². The highest BCUT2D eigenvalue weighted by molar-refractivity contribution is 5.86. The van der Waals surface area contributed by atoms with Gasteiger partial charge < -0.3 is 14.5 Å². The maximum atomic E-state index is 12.4. The lowest BCUT2D eigenvalue weighted by Gasteiger charge is -2.24. The van der Waals surface area contributed by atoms with Crippen molar-refractivity contribution in [1.29, 1.82) is 0 Å². The van der Waals surface area contributed by atoms with Crippen LogP contribution in [0.25, 0.3) is 0 Å². The lowest BCUT2D eigenvalue weighted by atomic mass is 10.2. The molecule has 6 nitrogen and oxygen atoms in total. The first kappa shape index (κ1) is 15.3. The first-order chi connectivity index (χ1) is 9.81. The lowest BCUT2D eigenvalue weighted by Crippen LogP contribution is -2.43. The molecule has 1 atom stereocenters. The Labute approximate surface area is 119 Å². The molecule has 0 radical (unpaired) electrons. The summed E-state index contributed by atoms with van der Waals surface area (Å²) < 4.78 is 42.1. The molecule has 2 heterocycles. The normalized spacial score (nSPS) is 19.0. The van der Waals surface area contributed by atoms with Gasteiger partial charge in [0.2, 0.25) is 17.7 Å². The van der Waals surface area contributed by atoms with Crippen LogP contribution < -0.4 is 9.64 Å². The Hall–Kier alpha value is -2.06. The summed E-state index contributed by atoms with van der Waals surface area (Å²) in [6.07, 6.45) is -2.63. The third-order valence-electron chi connectivity index (χ3n) is 3.25. The van der Waals surface area contributed by atoms with E-state index in [-0.39, 0.29) is 12.5 Å². The van der Waals surface area contributed by atoms with Crippen molar-refractivity contribution in [3.8, 4) is 5.88 Å². The lowest BCUT2D eigenvalue weighted by molar-refractivity contribution is -0.157. The number of halogens is 3. The Kier molecular flexibility index (Phi) is 4.19. The highest BCUT2D eigenvalue weighted by Gasteiger charge is 2.41. The van der Waals surface area contributed by atoms with E-state index in [0.717, 1.165) is 4.90 Å². The van der Waals surface area contributed by atoms with Crippen LogP contribution in [-0.2, 0) is 4.79 Å². The molecule has 0 bridgehead atoms. The summed E-state index contributed by atoms with van der Waals surface area (Å²) >= 11 is 0. The first-order valence-electron chi connectivity index (χ1n) is 6.27. The molecule has 1 saturated heterocycles. The average molecular weight is 304 g/mol. The number of hydrogen-bond donors (Lipinski definition) is 0. The summed E-state index contributed by atoms with van der Waals surface area (Å²) in [6.45, 7) is -1.16. The van der Waals surface area contributed by atoms with Crippen molar-refractivity contribution in [2.24, 2.45) is 0 Å². The molecule has 0 aromatic carbocycles. The smallest absolute Gasteiger partial charge is 0.406 e. The highest BCUT2D eigenvalue weighted by Crippen LogP contribution is 2.24. The molecule has 2 rings (SSSR count). The second-order valence-electron chi connectivity index (χ2n) is 4.69. The maximum Gasteiger partial charge on any atom is 0.406 e. The van der Waals surface area contributed by atoms with E-state index in [1.807, 2.05) is 0 Å². The van der Waals surface area contributed by atoms with Gasteiger partial charge in [-0.3, -0.25) is 4.79 Å². The fourth-order valence-corrected chi connectivity index (χ4v) is 2.21. The van der Waals surface area contributed by atoms with Crippen LogP contribution in [0.15, 0.2) is 12.3 Å². The zero-order valence-corrected chi connectivity index (χ0v) is 11.6. The number of likely N-dealkylation sites (N-methyl/N-ethyl adjacent to an activating group) is 1. The van der Waals surface area contributed by atoms with Crippen LogP contribution in [0, 0.1) is 0 Å². The van der Waals surface area contributed by atoms with Gasteiger partial charge in [-0.15, -0.1) is 0 Å². The quantitative estimate of drug-likeness (QED) is 0.833. The minimum absolute atomic E-state index is 0.0668. The number of likely N-dealkylation sites (tertiary alicyclic amines) is 1. The fraction of sp³-hybridized carbons (Fsp3) is 0.583. The SMILES string of the molecule is COc1ccnc(N(C)C2CCN(CC(F)(F)F)C2=O)n1. The second-order valence-corrected chi connectivity index (χ2v) is 4.69. The number of hydrogen-bond acceptors (Lipinski definition) is 5. The fourth-order valence-electron chi connectivity index (χ4n) is 2.21. The number of aromatic nitrogens is 2. The third kappa shape index (κ3) is 3.53. The van der Waals surface area contributed by atoms with Gasteiger partial charge in [0.15, 0.2) is 0 Å². The van der Waals surface area contributed by atoms with E-state index in [9.17, 15) is 18.0 Å². The number of rotatable bonds is 4. The number of carbonyl (C=O) groups is 1. The molecule has 0 saturated carbocycles. The van der Waals surface area contributed by atoms with Gasteiger partial charge in [0.05, 0.1) is 7.11 Å². The van der Waals surface area contributed by atoms with Crippen molar-refractivity contribution >= 4 is 11.9 Å². The maximum absolute atomic E-state index is 12.4. The largest absolute Gasteiger partial charge is 0.481 e. The molecule has 1 aliphatic rings. The summed E-state index contributed by atoms with van der Waals surface area (Å²) in [6, 6.07) is 0.850. The van der Waals surface area contributed by atoms with Gasteiger partial charge in [-0.25, -0.2) is 4.98 Å². The van der Waals surface area contributed by atoms with Gasteiger partial charge in [-0.05, 0) is 6.42 Å². The Bertz CT molecular complexity index is 523. The van der Waals surface area contributed by atoms with Crippen molar-refractivity contribution in [1.82, 2.24) is 14.9 Å². The van der Waals surface area contributed by atoms with E-state index >= 15 is 0 Å². The van der Waals surface area contributed by atoms with Crippen LogP contribution in [0.2, 0.25) is 0 Å². The van der Waals surface area contributed by atoms with Gasteiger partial charge in [-0.2, -0.15) is 18.2 Å². The molecule has 1 aliphatic heterocycles. The minimum Gasteiger partial charge on any atom is -0.481 e. The molecule has 0 spiro atoms. The van der Waals surface area contributed by atoms with Gasteiger partial charge in [-0.1, -0.05) is 0 Å². The number of ether oxygens (including phenoxy) is 1. The Morgan fingerprint density at radius 3 is 2.86 bits per heavy atom. The van der Waals surface area contributed by atoms with Crippen LogP contribution in [0.1, 0.15) is 6.42 Å². The standard InChI is InChI=1S/C12H15F3N4O2/c1-18(11-16-5-3-9(17-11)21-2)8-4-6-19(10(8)20)7-12(13,14)15/h3,5,8H,4,6-7H2,1-2H3. The first-order valence-corrected chi connectivity index (χ1v) is 6.27. The van der Waals surface area contributed by atoms with Gasteiger partial charge in [0, 0.05) is 25.9 Å². The zero-order valence-electron chi connectivity index (χ0n) is 11.6. The summed E-state index contributed by atoms with van der Waals surface area (Å²) in [4.78, 5) is 22.4. The van der Waals surface area contributed by atoms with E-state index in [0.29, 0.717) is 12.3 Å². The van der Waals surface area contributed by atoms with E-state index in [1.54, 1.807) is 13.1 Å². The summed E-state index contributed by atoms with van der Waals surface area (Å²) in [7, 11) is 3.02.